The molecule has 1 saturated heterocycles. The van der Waals surface area contributed by atoms with Gasteiger partial charge in [-0.3, -0.25) is 19.3 Å². The third-order valence-corrected chi connectivity index (χ3v) is 4.61. The van der Waals surface area contributed by atoms with Gasteiger partial charge >= 0.3 is 0 Å². The Labute approximate surface area is 127 Å². The van der Waals surface area contributed by atoms with E-state index in [4.69, 9.17) is 0 Å². The summed E-state index contributed by atoms with van der Waals surface area (Å²) in [5.41, 5.74) is 0.549. The largest absolute Gasteiger partial charge is 0.306 e. The first-order chi connectivity index (χ1) is 10.5. The van der Waals surface area contributed by atoms with E-state index < -0.39 is 11.9 Å². The second-order valence-corrected chi connectivity index (χ2v) is 5.97. The lowest BCUT2D eigenvalue weighted by Crippen LogP contribution is -2.46. The van der Waals surface area contributed by atoms with Gasteiger partial charge in [-0.2, -0.15) is 10.3 Å². The van der Waals surface area contributed by atoms with E-state index in [1.165, 1.54) is 0 Å². The van der Waals surface area contributed by atoms with Gasteiger partial charge in [-0.25, -0.2) is 0 Å². The highest BCUT2D eigenvalue weighted by Gasteiger charge is 2.50. The molecule has 3 amide bonds. The van der Waals surface area contributed by atoms with Crippen molar-refractivity contribution in [1.82, 2.24) is 20.3 Å². The number of hydrogen-bond donors (Lipinski definition) is 2. The van der Waals surface area contributed by atoms with Crippen molar-refractivity contribution >= 4 is 23.5 Å². The summed E-state index contributed by atoms with van der Waals surface area (Å²) in [4.78, 5) is 38.4. The molecule has 0 radical (unpaired) electrons. The van der Waals surface area contributed by atoms with Crippen LogP contribution < -0.4 is 5.32 Å². The smallest absolute Gasteiger partial charge is 0.248 e. The van der Waals surface area contributed by atoms with Crippen LogP contribution in [0.1, 0.15) is 38.3 Å². The predicted octanol–water partition coefficient (Wildman–Crippen LogP) is 0.615. The van der Waals surface area contributed by atoms with Crippen LogP contribution in [0.15, 0.2) is 0 Å². The number of rotatable bonds is 3. The van der Waals surface area contributed by atoms with Crippen LogP contribution in [0.25, 0.3) is 0 Å². The molecule has 0 aromatic carbocycles. The first-order valence-corrected chi connectivity index (χ1v) is 7.56. The van der Waals surface area contributed by atoms with Gasteiger partial charge in [0.15, 0.2) is 5.82 Å². The highest BCUT2D eigenvalue weighted by Crippen LogP contribution is 2.38. The Bertz CT molecular complexity index is 602. The van der Waals surface area contributed by atoms with Crippen molar-refractivity contribution in [3.8, 4) is 0 Å². The highest BCUT2D eigenvalue weighted by atomic mass is 16.2. The molecule has 1 aliphatic carbocycles. The van der Waals surface area contributed by atoms with E-state index >= 15 is 0 Å². The lowest BCUT2D eigenvalue weighted by atomic mass is 9.81. The lowest BCUT2D eigenvalue weighted by molar-refractivity contribution is -0.146. The Morgan fingerprint density at radius 3 is 2.32 bits per heavy atom. The van der Waals surface area contributed by atoms with E-state index in [9.17, 15) is 14.4 Å². The fraction of sp³-hybridized carbons (Fsp3) is 0.643. The van der Waals surface area contributed by atoms with Crippen LogP contribution in [-0.2, 0) is 14.4 Å². The Hall–Kier alpha value is -2.25. The third kappa shape index (κ3) is 2.28. The standard InChI is InChI=1S/C14H19N5O3/c1-7-11(17-18-16-7)15-12(20)8(2)19-13(21)9-5-3-4-6-10(9)14(19)22/h8-10H,3-6H2,1-2H3,(H2,15,16,17,18,20). The maximum atomic E-state index is 12.5. The number of aromatic nitrogens is 3. The van der Waals surface area contributed by atoms with E-state index in [2.05, 4.69) is 20.7 Å². The number of likely N-dealkylation sites (tertiary alicyclic amines) is 1. The summed E-state index contributed by atoms with van der Waals surface area (Å²) in [6.07, 6.45) is 3.41. The number of aromatic amines is 1. The molecule has 3 atom stereocenters. The van der Waals surface area contributed by atoms with Crippen molar-refractivity contribution < 1.29 is 14.4 Å². The molecule has 118 valence electrons. The zero-order valence-electron chi connectivity index (χ0n) is 12.6. The van der Waals surface area contributed by atoms with Gasteiger partial charge in [0, 0.05) is 0 Å². The van der Waals surface area contributed by atoms with Gasteiger partial charge in [-0.1, -0.05) is 12.8 Å². The Balaban J connectivity index is 1.75. The SMILES string of the molecule is Cc1n[nH]nc1NC(=O)C(C)N1C(=O)C2CCCCC2C1=O. The van der Waals surface area contributed by atoms with Crippen LogP contribution in [-0.4, -0.2) is 44.1 Å². The number of aryl methyl sites for hydroxylation is 1. The number of nitrogens with one attached hydrogen (secondary N) is 2. The number of nitrogens with zero attached hydrogens (tertiary/aromatic N) is 3. The van der Waals surface area contributed by atoms with Crippen LogP contribution >= 0.6 is 0 Å². The first kappa shape index (κ1) is 14.7. The van der Waals surface area contributed by atoms with E-state index in [0.717, 1.165) is 30.6 Å². The summed E-state index contributed by atoms with van der Waals surface area (Å²) < 4.78 is 0. The minimum atomic E-state index is -0.846. The molecule has 3 rings (SSSR count). The number of amides is 3. The number of carbonyl (C=O) groups excluding carboxylic acids is 3. The topological polar surface area (TPSA) is 108 Å². The molecule has 2 aliphatic rings. The van der Waals surface area contributed by atoms with Crippen molar-refractivity contribution in [2.75, 3.05) is 5.32 Å². The van der Waals surface area contributed by atoms with Gasteiger partial charge in [0.1, 0.15) is 11.7 Å². The summed E-state index contributed by atoms with van der Waals surface area (Å²) in [7, 11) is 0. The van der Waals surface area contributed by atoms with Gasteiger partial charge < -0.3 is 5.32 Å². The van der Waals surface area contributed by atoms with E-state index in [1.54, 1.807) is 13.8 Å². The van der Waals surface area contributed by atoms with Gasteiger partial charge in [0.05, 0.1) is 11.8 Å². The minimum Gasteiger partial charge on any atom is -0.306 e. The third-order valence-electron chi connectivity index (χ3n) is 4.61. The maximum absolute atomic E-state index is 12.5. The minimum absolute atomic E-state index is 0.214. The number of carbonyl (C=O) groups is 3. The molecule has 1 aromatic rings. The van der Waals surface area contributed by atoms with Crippen molar-refractivity contribution in [1.29, 1.82) is 0 Å². The molecule has 8 nitrogen and oxygen atoms in total. The monoisotopic (exact) mass is 305 g/mol. The normalized spacial score (nSPS) is 26.0. The average Bonchev–Trinajstić information content (AvgIpc) is 3.02. The molecule has 1 aliphatic heterocycles. The number of H-pyrrole nitrogens is 1. The van der Waals surface area contributed by atoms with Gasteiger partial charge in [-0.05, 0) is 26.7 Å². The van der Waals surface area contributed by atoms with Crippen LogP contribution in [0.3, 0.4) is 0 Å². The number of imide groups is 1. The van der Waals surface area contributed by atoms with Gasteiger partial charge in [-0.15, -0.1) is 5.10 Å². The van der Waals surface area contributed by atoms with Crippen LogP contribution in [0.5, 0.6) is 0 Å². The molecule has 1 saturated carbocycles. The lowest BCUT2D eigenvalue weighted by Gasteiger charge is -2.21. The number of anilines is 1. The number of fused-ring (bicyclic) bond motifs is 1. The molecule has 0 bridgehead atoms. The molecular formula is C14H19N5O3. The fourth-order valence-corrected chi connectivity index (χ4v) is 3.31. The molecule has 8 heteroatoms. The summed E-state index contributed by atoms with van der Waals surface area (Å²) in [5, 5.41) is 12.6. The zero-order chi connectivity index (χ0) is 15.9. The van der Waals surface area contributed by atoms with Crippen molar-refractivity contribution in [2.45, 2.75) is 45.6 Å². The molecule has 3 unspecified atom stereocenters. The Morgan fingerprint density at radius 2 is 1.82 bits per heavy atom. The highest BCUT2D eigenvalue weighted by molar-refractivity contribution is 6.09. The molecule has 0 spiro atoms. The fourth-order valence-electron chi connectivity index (χ4n) is 3.31. The zero-order valence-corrected chi connectivity index (χ0v) is 12.6. The quantitative estimate of drug-likeness (QED) is 0.796. The second-order valence-electron chi connectivity index (χ2n) is 5.97. The van der Waals surface area contributed by atoms with E-state index in [1.807, 2.05) is 0 Å². The molecule has 2 fully saturated rings. The summed E-state index contributed by atoms with van der Waals surface area (Å²) in [5.74, 6) is -1.04. The van der Waals surface area contributed by atoms with Gasteiger partial charge in [0.2, 0.25) is 17.7 Å². The van der Waals surface area contributed by atoms with Gasteiger partial charge in [0.25, 0.3) is 0 Å². The predicted molar refractivity (Wildman–Crippen MR) is 76.5 cm³/mol. The van der Waals surface area contributed by atoms with Crippen LogP contribution in [0.4, 0.5) is 5.82 Å². The van der Waals surface area contributed by atoms with E-state index in [0.29, 0.717) is 11.5 Å². The second kappa shape index (κ2) is 5.51. The Morgan fingerprint density at radius 1 is 1.23 bits per heavy atom. The number of hydrogen-bond acceptors (Lipinski definition) is 5. The van der Waals surface area contributed by atoms with Crippen LogP contribution in [0, 0.1) is 18.8 Å². The van der Waals surface area contributed by atoms with E-state index in [-0.39, 0.29) is 23.7 Å². The molecule has 22 heavy (non-hydrogen) atoms. The first-order valence-electron chi connectivity index (χ1n) is 7.56. The van der Waals surface area contributed by atoms with Crippen molar-refractivity contribution in [3.05, 3.63) is 5.69 Å². The summed E-state index contributed by atoms with van der Waals surface area (Å²) in [6, 6.07) is -0.846. The summed E-state index contributed by atoms with van der Waals surface area (Å²) in [6.45, 7) is 3.27. The molecule has 2 heterocycles. The van der Waals surface area contributed by atoms with Crippen molar-refractivity contribution in [2.24, 2.45) is 11.8 Å². The average molecular weight is 305 g/mol. The van der Waals surface area contributed by atoms with Crippen LogP contribution in [0.2, 0.25) is 0 Å². The van der Waals surface area contributed by atoms with Crippen molar-refractivity contribution in [3.63, 3.8) is 0 Å². The maximum Gasteiger partial charge on any atom is 0.248 e. The molecule has 2 N–H and O–H groups in total. The molecular weight excluding hydrogens is 286 g/mol. The molecule has 1 aromatic heterocycles. The summed E-state index contributed by atoms with van der Waals surface area (Å²) >= 11 is 0. The Kier molecular flexibility index (Phi) is 3.67.